The first-order valence-corrected chi connectivity index (χ1v) is 4.09. The molecule has 2 rings (SSSR count). The molecule has 0 unspecified atom stereocenters. The summed E-state index contributed by atoms with van der Waals surface area (Å²) in [5.41, 5.74) is 3.03. The van der Waals surface area contributed by atoms with Gasteiger partial charge in [-0.25, -0.2) is 4.98 Å². The van der Waals surface area contributed by atoms with Crippen LogP contribution < -0.4 is 0 Å². The van der Waals surface area contributed by atoms with Crippen molar-refractivity contribution >= 4 is 11.1 Å². The van der Waals surface area contributed by atoms with E-state index in [-0.39, 0.29) is 5.89 Å². The van der Waals surface area contributed by atoms with Crippen molar-refractivity contribution < 1.29 is 4.42 Å². The largest absolute Gasteiger partial charge is 0.430 e. The summed E-state index contributed by atoms with van der Waals surface area (Å²) in [4.78, 5) is 4.12. The van der Waals surface area contributed by atoms with E-state index in [4.69, 9.17) is 17.3 Å². The van der Waals surface area contributed by atoms with E-state index in [1.807, 2.05) is 19.1 Å². The van der Waals surface area contributed by atoms with Gasteiger partial charge in [0, 0.05) is 0 Å². The molecule has 0 bridgehead atoms. The molecular weight excluding hydrogens is 174 g/mol. The molecule has 0 atom stereocenters. The Hall–Kier alpha value is -2.19. The van der Waals surface area contributed by atoms with Crippen molar-refractivity contribution in [2.24, 2.45) is 0 Å². The molecule has 0 aliphatic rings. The summed E-state index contributed by atoms with van der Waals surface area (Å²) in [5.74, 6) is 5.16. The lowest BCUT2D eigenvalue weighted by atomic mass is 10.1. The Balaban J connectivity index is 2.92. The van der Waals surface area contributed by atoms with Gasteiger partial charge in [0.2, 0.25) is 0 Å². The summed E-state index contributed by atoms with van der Waals surface area (Å²) in [6.45, 7) is 1.92. The highest BCUT2D eigenvalue weighted by Crippen LogP contribution is 2.22. The Kier molecular flexibility index (Phi) is 1.77. The predicted molar refractivity (Wildman–Crippen MR) is 54.6 cm³/mol. The average Bonchev–Trinajstić information content (AvgIpc) is 2.63. The van der Waals surface area contributed by atoms with Crippen LogP contribution in [0.2, 0.25) is 0 Å². The fraction of sp³-hybridized carbons (Fsp3) is 0.0833. The summed E-state index contributed by atoms with van der Waals surface area (Å²) in [6, 6.07) is 3.73. The number of nitrogens with zero attached hydrogens (tertiary/aromatic N) is 1. The summed E-state index contributed by atoms with van der Waals surface area (Å²) in [5, 5.41) is 0. The van der Waals surface area contributed by atoms with Gasteiger partial charge in [-0.2, -0.15) is 0 Å². The maximum atomic E-state index is 5.35. The molecule has 2 nitrogen and oxygen atoms in total. The lowest BCUT2D eigenvalue weighted by molar-refractivity contribution is 0.584. The molecule has 0 aliphatic heterocycles. The van der Waals surface area contributed by atoms with E-state index in [2.05, 4.69) is 16.8 Å². The highest BCUT2D eigenvalue weighted by atomic mass is 16.3. The lowest BCUT2D eigenvalue weighted by Crippen LogP contribution is -1.80. The van der Waals surface area contributed by atoms with Gasteiger partial charge < -0.3 is 4.42 Å². The van der Waals surface area contributed by atoms with Gasteiger partial charge in [-0.15, -0.1) is 12.8 Å². The summed E-state index contributed by atoms with van der Waals surface area (Å²) in [7, 11) is 0. The molecule has 0 saturated carbocycles. The van der Waals surface area contributed by atoms with Crippen LogP contribution in [-0.4, -0.2) is 4.98 Å². The Morgan fingerprint density at radius 3 is 2.71 bits per heavy atom. The van der Waals surface area contributed by atoms with E-state index in [0.717, 1.165) is 5.56 Å². The van der Waals surface area contributed by atoms with Crippen molar-refractivity contribution in [3.63, 3.8) is 0 Å². The zero-order valence-corrected chi connectivity index (χ0v) is 7.66. The van der Waals surface area contributed by atoms with E-state index in [1.165, 1.54) is 0 Å². The number of oxazole rings is 1. The summed E-state index contributed by atoms with van der Waals surface area (Å²) < 4.78 is 5.35. The second kappa shape index (κ2) is 2.94. The first-order valence-electron chi connectivity index (χ1n) is 4.09. The van der Waals surface area contributed by atoms with Crippen LogP contribution in [0.25, 0.3) is 11.1 Å². The third kappa shape index (κ3) is 1.06. The summed E-state index contributed by atoms with van der Waals surface area (Å²) in [6.07, 6.45) is 10.5. The maximum absolute atomic E-state index is 5.35. The van der Waals surface area contributed by atoms with Crippen LogP contribution in [0.15, 0.2) is 16.5 Å². The lowest BCUT2D eigenvalue weighted by Gasteiger charge is -1.94. The van der Waals surface area contributed by atoms with Gasteiger partial charge in [0.05, 0.1) is 5.56 Å². The molecule has 0 aliphatic carbocycles. The molecule has 66 valence electrons. The SMILES string of the molecule is C#Cc1nc2c(C#C)ccc(C)c2o1. The number of fused-ring (bicyclic) bond motifs is 1. The third-order valence-electron chi connectivity index (χ3n) is 2.02. The smallest absolute Gasteiger partial charge is 0.274 e. The molecule has 0 fully saturated rings. The molecule has 0 saturated heterocycles. The molecule has 1 heterocycles. The Morgan fingerprint density at radius 2 is 2.07 bits per heavy atom. The molecule has 1 aromatic heterocycles. The second-order valence-electron chi connectivity index (χ2n) is 2.92. The third-order valence-corrected chi connectivity index (χ3v) is 2.02. The molecular formula is C12H7NO. The number of hydrogen-bond donors (Lipinski definition) is 0. The van der Waals surface area contributed by atoms with E-state index >= 15 is 0 Å². The number of terminal acetylenes is 2. The number of benzene rings is 1. The van der Waals surface area contributed by atoms with Crippen LogP contribution in [0.3, 0.4) is 0 Å². The van der Waals surface area contributed by atoms with E-state index in [9.17, 15) is 0 Å². The molecule has 0 radical (unpaired) electrons. The summed E-state index contributed by atoms with van der Waals surface area (Å²) >= 11 is 0. The molecule has 1 aromatic carbocycles. The number of rotatable bonds is 0. The minimum Gasteiger partial charge on any atom is -0.430 e. The van der Waals surface area contributed by atoms with Gasteiger partial charge >= 0.3 is 0 Å². The van der Waals surface area contributed by atoms with Crippen molar-refractivity contribution in [2.75, 3.05) is 0 Å². The van der Waals surface area contributed by atoms with E-state index in [0.29, 0.717) is 16.7 Å². The monoisotopic (exact) mass is 181 g/mol. The molecule has 0 N–H and O–H groups in total. The molecule has 2 aromatic rings. The number of hydrogen-bond acceptors (Lipinski definition) is 2. The highest BCUT2D eigenvalue weighted by Gasteiger charge is 2.09. The first kappa shape index (κ1) is 8.41. The molecule has 2 heteroatoms. The highest BCUT2D eigenvalue weighted by molar-refractivity contribution is 5.83. The quantitative estimate of drug-likeness (QED) is 0.582. The van der Waals surface area contributed by atoms with Gasteiger partial charge in [-0.1, -0.05) is 12.0 Å². The van der Waals surface area contributed by atoms with Crippen LogP contribution in [-0.2, 0) is 0 Å². The fourth-order valence-corrected chi connectivity index (χ4v) is 1.31. The zero-order chi connectivity index (χ0) is 10.1. The van der Waals surface area contributed by atoms with Gasteiger partial charge in [-0.05, 0) is 24.5 Å². The van der Waals surface area contributed by atoms with E-state index in [1.54, 1.807) is 0 Å². The number of aryl methyl sites for hydroxylation is 1. The Morgan fingerprint density at radius 1 is 1.29 bits per heavy atom. The second-order valence-corrected chi connectivity index (χ2v) is 2.92. The van der Waals surface area contributed by atoms with Crippen LogP contribution in [0.5, 0.6) is 0 Å². The van der Waals surface area contributed by atoms with Crippen molar-refractivity contribution in [1.29, 1.82) is 0 Å². The first-order chi connectivity index (χ1) is 6.76. The average molecular weight is 181 g/mol. The number of aromatic nitrogens is 1. The topological polar surface area (TPSA) is 26.0 Å². The molecule has 0 spiro atoms. The standard InChI is InChI=1S/C12H7NO/c1-4-9-7-6-8(3)12-11(9)13-10(5-2)14-12/h1-2,6-7H,3H3. The maximum Gasteiger partial charge on any atom is 0.274 e. The minimum atomic E-state index is 0.269. The minimum absolute atomic E-state index is 0.269. The Bertz CT molecular complexity index is 579. The zero-order valence-electron chi connectivity index (χ0n) is 7.66. The van der Waals surface area contributed by atoms with Gasteiger partial charge in [0.15, 0.2) is 5.58 Å². The van der Waals surface area contributed by atoms with Crippen LogP contribution in [0, 0.1) is 31.6 Å². The molecule has 0 amide bonds. The van der Waals surface area contributed by atoms with Crippen LogP contribution in [0.1, 0.15) is 17.0 Å². The van der Waals surface area contributed by atoms with Crippen molar-refractivity contribution in [1.82, 2.24) is 4.98 Å². The van der Waals surface area contributed by atoms with Gasteiger partial charge in [-0.3, -0.25) is 0 Å². The van der Waals surface area contributed by atoms with Crippen molar-refractivity contribution in [3.8, 4) is 24.7 Å². The van der Waals surface area contributed by atoms with Crippen LogP contribution in [0.4, 0.5) is 0 Å². The van der Waals surface area contributed by atoms with Crippen molar-refractivity contribution in [2.45, 2.75) is 6.92 Å². The van der Waals surface area contributed by atoms with Gasteiger partial charge in [0.1, 0.15) is 5.52 Å². The van der Waals surface area contributed by atoms with E-state index < -0.39 is 0 Å². The van der Waals surface area contributed by atoms with Crippen molar-refractivity contribution in [3.05, 3.63) is 29.2 Å². The predicted octanol–water partition coefficient (Wildman–Crippen LogP) is 2.10. The normalized spacial score (nSPS) is 9.64. The van der Waals surface area contributed by atoms with Crippen LogP contribution >= 0.6 is 0 Å². The Labute approximate surface area is 82.0 Å². The van der Waals surface area contributed by atoms with Gasteiger partial charge in [0.25, 0.3) is 5.89 Å². The molecule has 14 heavy (non-hydrogen) atoms. The fourth-order valence-electron chi connectivity index (χ4n) is 1.31.